The predicted octanol–water partition coefficient (Wildman–Crippen LogP) is 22.9. The van der Waals surface area contributed by atoms with Gasteiger partial charge >= 0.3 is 33.6 Å². The van der Waals surface area contributed by atoms with Crippen molar-refractivity contribution in [3.63, 3.8) is 0 Å². The Balaban J connectivity index is 4.39. The Bertz CT molecular complexity index is 2420. The SMILES string of the molecule is CC/C=C\C/C=C\C/C=C\C/C=C\C/C=C\C/C=C\CCCCCCCCCCCCCCCCCCC(=O)OCC(O)COP(=O)(O)OCC(O)COP(=O)(O)OCC(COC(=O)CCC/C=C\C/C=C\C/C=C\C/C=C\C/C=C\CC)OC(=O)CCCCCCC/C=C\CCCCCC. The monoisotopic (exact) mass is 1450 g/mol. The lowest BCUT2D eigenvalue weighted by Crippen LogP contribution is -2.30. The standard InChI is InChI=1S/C83H140O16P2/c1-4-7-10-13-16-19-22-25-27-29-30-31-32-33-34-35-36-37-38-39-40-41-42-43-44-45-46-48-50-52-54-57-60-63-66-69-81(86)93-72-78(84)73-95-100(89,90)96-74-79(85)75-97-101(91,92)98-77-80(99-83(88)71-68-65-62-59-56-51-24-21-18-15-12-9-6-3)76-94-82(87)70-67-64-61-58-55-53-49-47-28-26-23-20-17-14-11-8-5-2/h7-8,10-11,16-17,19-21,24-28,30-31,33-34,36-37,49,53,58,61,78-80,84-85H,4-6,9,12-15,18,22-23,29,32,35,38-48,50-52,54-57,59-60,62-77H2,1-3H3,(H,89,90)(H,91,92)/b10-7-,11-8-,19-16-,20-17-,24-21-,27-25-,28-26-,31-30-,34-33-,37-36-,53-49-,61-58-. The third kappa shape index (κ3) is 76.4. The Morgan fingerprint density at radius 3 is 0.881 bits per heavy atom. The minimum Gasteiger partial charge on any atom is -0.463 e. The van der Waals surface area contributed by atoms with Gasteiger partial charge < -0.3 is 34.2 Å². The molecule has 4 N–H and O–H groups in total. The third-order valence-corrected chi connectivity index (χ3v) is 17.9. The maximum absolute atomic E-state index is 12.9. The second-order valence-corrected chi connectivity index (χ2v) is 28.7. The van der Waals surface area contributed by atoms with Gasteiger partial charge in [0.05, 0.1) is 26.4 Å². The zero-order valence-electron chi connectivity index (χ0n) is 63.0. The van der Waals surface area contributed by atoms with E-state index >= 15 is 0 Å². The van der Waals surface area contributed by atoms with Crippen molar-refractivity contribution in [2.75, 3.05) is 39.6 Å². The van der Waals surface area contributed by atoms with Gasteiger partial charge in [-0.15, -0.1) is 0 Å². The third-order valence-electron chi connectivity index (χ3n) is 16.0. The first-order valence-corrected chi connectivity index (χ1v) is 42.1. The van der Waals surface area contributed by atoms with Crippen molar-refractivity contribution in [3.05, 3.63) is 146 Å². The van der Waals surface area contributed by atoms with Crippen molar-refractivity contribution in [1.29, 1.82) is 0 Å². The summed E-state index contributed by atoms with van der Waals surface area (Å²) < 4.78 is 60.9. The van der Waals surface area contributed by atoms with Gasteiger partial charge in [0.2, 0.25) is 0 Å². The van der Waals surface area contributed by atoms with E-state index < -0.39 is 91.5 Å². The molecule has 0 radical (unpaired) electrons. The summed E-state index contributed by atoms with van der Waals surface area (Å²) in [6.45, 7) is 2.35. The fraction of sp³-hybridized carbons (Fsp3) is 0.675. The maximum atomic E-state index is 12.9. The molecule has 0 aromatic heterocycles. The van der Waals surface area contributed by atoms with Crippen LogP contribution in [0.1, 0.15) is 303 Å². The number of hydrogen-bond donors (Lipinski definition) is 4. The van der Waals surface area contributed by atoms with E-state index in [1.807, 2.05) is 12.2 Å². The Labute approximate surface area is 613 Å². The normalized spacial score (nSPS) is 14.8. The number of esters is 3. The van der Waals surface area contributed by atoms with Crippen LogP contribution in [0.2, 0.25) is 0 Å². The average molecular weight is 1460 g/mol. The molecule has 5 unspecified atom stereocenters. The summed E-state index contributed by atoms with van der Waals surface area (Å²) in [5, 5.41) is 20.6. The van der Waals surface area contributed by atoms with Gasteiger partial charge in [0, 0.05) is 19.3 Å². The molecule has 0 saturated carbocycles. The molecule has 0 aliphatic carbocycles. The Morgan fingerprint density at radius 2 is 0.535 bits per heavy atom. The fourth-order valence-corrected chi connectivity index (χ4v) is 11.7. The van der Waals surface area contributed by atoms with Crippen LogP contribution in [0.15, 0.2) is 146 Å². The van der Waals surface area contributed by atoms with Crippen LogP contribution in [0.25, 0.3) is 0 Å². The number of ether oxygens (including phenoxy) is 3. The molecule has 0 fully saturated rings. The molecule has 0 heterocycles. The van der Waals surface area contributed by atoms with E-state index in [4.69, 9.17) is 32.3 Å². The van der Waals surface area contributed by atoms with Crippen LogP contribution < -0.4 is 0 Å². The number of aliphatic hydroxyl groups is 2. The van der Waals surface area contributed by atoms with Gasteiger partial charge in [-0.2, -0.15) is 0 Å². The van der Waals surface area contributed by atoms with Crippen molar-refractivity contribution in [2.24, 2.45) is 0 Å². The van der Waals surface area contributed by atoms with E-state index in [1.165, 1.54) is 109 Å². The highest BCUT2D eigenvalue weighted by atomic mass is 31.2. The highest BCUT2D eigenvalue weighted by molar-refractivity contribution is 7.47. The molecule has 0 saturated heterocycles. The molecule has 101 heavy (non-hydrogen) atoms. The largest absolute Gasteiger partial charge is 0.472 e. The summed E-state index contributed by atoms with van der Waals surface area (Å²) in [7, 11) is -9.80. The number of allylic oxidation sites excluding steroid dienone is 24. The lowest BCUT2D eigenvalue weighted by atomic mass is 10.0. The van der Waals surface area contributed by atoms with E-state index in [1.54, 1.807) is 0 Å². The minimum absolute atomic E-state index is 0.0799. The highest BCUT2D eigenvalue weighted by Gasteiger charge is 2.29. The number of carbonyl (C=O) groups excluding carboxylic acids is 3. The number of rotatable bonds is 73. The van der Waals surface area contributed by atoms with Crippen LogP contribution in [-0.2, 0) is 55.8 Å². The van der Waals surface area contributed by atoms with Crippen molar-refractivity contribution in [3.8, 4) is 0 Å². The molecule has 0 aromatic rings. The summed E-state index contributed by atoms with van der Waals surface area (Å²) in [5.74, 6) is -1.65. The first-order chi connectivity index (χ1) is 49.2. The second-order valence-electron chi connectivity index (χ2n) is 25.7. The van der Waals surface area contributed by atoms with Gasteiger partial charge in [0.1, 0.15) is 25.4 Å². The Hall–Kier alpha value is -4.57. The Kier molecular flexibility index (Phi) is 71.7. The zero-order valence-corrected chi connectivity index (χ0v) is 64.8. The average Bonchev–Trinajstić information content (AvgIpc) is 0.940. The van der Waals surface area contributed by atoms with E-state index in [-0.39, 0.29) is 19.3 Å². The number of phosphoric ester groups is 2. The lowest BCUT2D eigenvalue weighted by molar-refractivity contribution is -0.161. The summed E-state index contributed by atoms with van der Waals surface area (Å²) in [6.07, 6.45) is 92.2. The van der Waals surface area contributed by atoms with Crippen molar-refractivity contribution in [1.82, 2.24) is 0 Å². The lowest BCUT2D eigenvalue weighted by Gasteiger charge is -2.21. The summed E-state index contributed by atoms with van der Waals surface area (Å²) in [5.41, 5.74) is 0. The van der Waals surface area contributed by atoms with Gasteiger partial charge in [0.25, 0.3) is 0 Å². The molecular weight excluding hydrogens is 1310 g/mol. The second kappa shape index (κ2) is 75.1. The van der Waals surface area contributed by atoms with Crippen LogP contribution in [0.4, 0.5) is 0 Å². The van der Waals surface area contributed by atoms with Crippen LogP contribution in [0.3, 0.4) is 0 Å². The van der Waals surface area contributed by atoms with Gasteiger partial charge in [-0.05, 0) is 135 Å². The summed E-state index contributed by atoms with van der Waals surface area (Å²) in [6, 6.07) is 0. The van der Waals surface area contributed by atoms with Gasteiger partial charge in [-0.1, -0.05) is 295 Å². The van der Waals surface area contributed by atoms with Crippen molar-refractivity contribution < 1.29 is 75.8 Å². The zero-order chi connectivity index (χ0) is 73.7. The predicted molar refractivity (Wildman–Crippen MR) is 417 cm³/mol. The molecule has 0 spiro atoms. The number of phosphoric acid groups is 2. The van der Waals surface area contributed by atoms with E-state index in [0.717, 1.165) is 128 Å². The number of carbonyl (C=O) groups is 3. The van der Waals surface area contributed by atoms with E-state index in [0.29, 0.717) is 25.7 Å². The smallest absolute Gasteiger partial charge is 0.463 e. The number of hydrogen-bond acceptors (Lipinski definition) is 14. The number of aliphatic hydroxyl groups excluding tert-OH is 2. The first kappa shape index (κ1) is 96.4. The molecule has 0 bridgehead atoms. The molecule has 5 atom stereocenters. The molecule has 0 aromatic carbocycles. The van der Waals surface area contributed by atoms with E-state index in [2.05, 4.69) is 154 Å². The number of unbranched alkanes of at least 4 members (excludes halogenated alkanes) is 26. The molecule has 0 aliphatic heterocycles. The maximum Gasteiger partial charge on any atom is 0.472 e. The molecule has 0 aliphatic rings. The Morgan fingerprint density at radius 1 is 0.287 bits per heavy atom. The first-order valence-electron chi connectivity index (χ1n) is 39.1. The molecule has 0 amide bonds. The van der Waals surface area contributed by atoms with Gasteiger partial charge in [-0.25, -0.2) is 9.13 Å². The van der Waals surface area contributed by atoms with Crippen molar-refractivity contribution in [2.45, 2.75) is 322 Å². The molecule has 18 heteroatoms. The van der Waals surface area contributed by atoms with Gasteiger partial charge in [-0.3, -0.25) is 32.5 Å². The summed E-state index contributed by atoms with van der Waals surface area (Å²) >= 11 is 0. The van der Waals surface area contributed by atoms with Crippen molar-refractivity contribution >= 4 is 33.6 Å². The van der Waals surface area contributed by atoms with Gasteiger partial charge in [0.15, 0.2) is 6.10 Å². The molecule has 578 valence electrons. The molecular formula is C83H140O16P2. The van der Waals surface area contributed by atoms with Crippen LogP contribution in [0, 0.1) is 0 Å². The van der Waals surface area contributed by atoms with Crippen LogP contribution in [-0.4, -0.2) is 95.9 Å². The van der Waals surface area contributed by atoms with Crippen LogP contribution in [0.5, 0.6) is 0 Å². The van der Waals surface area contributed by atoms with E-state index in [9.17, 15) is 43.5 Å². The fourth-order valence-electron chi connectivity index (χ4n) is 10.1. The topological polar surface area (TPSA) is 231 Å². The minimum atomic E-state index is -4.94. The summed E-state index contributed by atoms with van der Waals surface area (Å²) in [4.78, 5) is 58.5. The molecule has 0 rings (SSSR count). The van der Waals surface area contributed by atoms with Crippen LogP contribution >= 0.6 is 15.6 Å². The molecule has 16 nitrogen and oxygen atoms in total. The highest BCUT2D eigenvalue weighted by Crippen LogP contribution is 2.45. The quantitative estimate of drug-likeness (QED) is 0.0146.